The van der Waals surface area contributed by atoms with Gasteiger partial charge in [0.1, 0.15) is 11.3 Å². The maximum absolute atomic E-state index is 13.3. The Balaban J connectivity index is 2.00. The van der Waals surface area contributed by atoms with Gasteiger partial charge in [0.25, 0.3) is 5.69 Å². The number of nitro groups is 1. The SMILES string of the molecule is COc1cc([N+](=O)[O-])c(C(=O)O)cc1Oc1ccc2c(c1)OC(F)(F)C(F)(F)O2. The highest BCUT2D eigenvalue weighted by Crippen LogP contribution is 2.48. The van der Waals surface area contributed by atoms with E-state index in [1.54, 1.807) is 0 Å². The predicted molar refractivity (Wildman–Crippen MR) is 84.3 cm³/mol. The first-order chi connectivity index (χ1) is 13.4. The van der Waals surface area contributed by atoms with Crippen molar-refractivity contribution in [3.8, 4) is 28.7 Å². The average molecular weight is 419 g/mol. The van der Waals surface area contributed by atoms with Gasteiger partial charge in [-0.25, -0.2) is 4.79 Å². The third-order valence-corrected chi connectivity index (χ3v) is 3.67. The molecule has 1 aliphatic rings. The van der Waals surface area contributed by atoms with Crippen LogP contribution in [0.5, 0.6) is 28.7 Å². The lowest BCUT2D eigenvalue weighted by atomic mass is 10.1. The summed E-state index contributed by atoms with van der Waals surface area (Å²) in [7, 11) is 1.12. The van der Waals surface area contributed by atoms with Crippen molar-refractivity contribution >= 4 is 11.7 Å². The first kappa shape index (κ1) is 20.0. The molecule has 0 unspecified atom stereocenters. The van der Waals surface area contributed by atoms with Gasteiger partial charge in [0.05, 0.1) is 18.1 Å². The Labute approximate surface area is 158 Å². The number of halogens is 4. The summed E-state index contributed by atoms with van der Waals surface area (Å²) in [6.07, 6.45) is -9.83. The highest BCUT2D eigenvalue weighted by atomic mass is 19.3. The zero-order valence-corrected chi connectivity index (χ0v) is 14.2. The van der Waals surface area contributed by atoms with Crippen molar-refractivity contribution in [2.45, 2.75) is 12.2 Å². The second kappa shape index (κ2) is 6.68. The molecule has 0 saturated heterocycles. The maximum Gasteiger partial charge on any atom is 0.507 e. The Morgan fingerprint density at radius 2 is 1.69 bits per heavy atom. The number of nitrogens with zero attached hydrogens (tertiary/aromatic N) is 1. The van der Waals surface area contributed by atoms with E-state index in [1.165, 1.54) is 0 Å². The molecule has 154 valence electrons. The Hall–Kier alpha value is -3.77. The number of methoxy groups -OCH3 is 1. The number of carboxylic acid groups (broad SMARTS) is 1. The highest BCUT2D eigenvalue weighted by molar-refractivity contribution is 5.93. The van der Waals surface area contributed by atoms with Crippen LogP contribution in [0, 0.1) is 10.1 Å². The molecule has 2 aromatic rings. The summed E-state index contributed by atoms with van der Waals surface area (Å²) in [4.78, 5) is 21.3. The molecule has 1 aliphatic heterocycles. The molecular formula is C16H9F4NO8. The fourth-order valence-electron chi connectivity index (χ4n) is 2.35. The summed E-state index contributed by atoms with van der Waals surface area (Å²) in [5.41, 5.74) is -1.50. The second-order valence-corrected chi connectivity index (χ2v) is 5.53. The molecule has 2 aromatic carbocycles. The van der Waals surface area contributed by atoms with Crippen LogP contribution in [-0.2, 0) is 0 Å². The molecule has 13 heteroatoms. The van der Waals surface area contributed by atoms with E-state index >= 15 is 0 Å². The number of benzene rings is 2. The van der Waals surface area contributed by atoms with Gasteiger partial charge in [-0.1, -0.05) is 0 Å². The van der Waals surface area contributed by atoms with E-state index in [9.17, 15) is 32.5 Å². The normalized spacial score (nSPS) is 16.0. The van der Waals surface area contributed by atoms with Gasteiger partial charge in [-0.15, -0.1) is 0 Å². The van der Waals surface area contributed by atoms with Gasteiger partial charge >= 0.3 is 18.2 Å². The predicted octanol–water partition coefficient (Wildman–Crippen LogP) is 4.05. The number of ether oxygens (including phenoxy) is 4. The minimum absolute atomic E-state index is 0.242. The average Bonchev–Trinajstić information content (AvgIpc) is 2.61. The minimum Gasteiger partial charge on any atom is -0.493 e. The lowest BCUT2D eigenvalue weighted by Gasteiger charge is -2.31. The molecule has 0 saturated carbocycles. The van der Waals surface area contributed by atoms with Gasteiger partial charge in [0.2, 0.25) is 0 Å². The topological polar surface area (TPSA) is 117 Å². The van der Waals surface area contributed by atoms with Crippen molar-refractivity contribution in [3.63, 3.8) is 0 Å². The number of nitro benzene ring substituents is 1. The van der Waals surface area contributed by atoms with E-state index in [2.05, 4.69) is 9.47 Å². The van der Waals surface area contributed by atoms with Crippen molar-refractivity contribution in [2.24, 2.45) is 0 Å². The third kappa shape index (κ3) is 3.53. The van der Waals surface area contributed by atoms with E-state index in [-0.39, 0.29) is 17.2 Å². The van der Waals surface area contributed by atoms with Crippen LogP contribution < -0.4 is 18.9 Å². The fraction of sp³-hybridized carbons (Fsp3) is 0.188. The van der Waals surface area contributed by atoms with E-state index in [4.69, 9.17) is 14.6 Å². The first-order valence-electron chi connectivity index (χ1n) is 7.50. The molecule has 1 N–H and O–H groups in total. The zero-order chi connectivity index (χ0) is 21.6. The number of alkyl halides is 4. The summed E-state index contributed by atoms with van der Waals surface area (Å²) in [5.74, 6) is -3.89. The monoisotopic (exact) mass is 419 g/mol. The summed E-state index contributed by atoms with van der Waals surface area (Å²) in [6.45, 7) is 0. The van der Waals surface area contributed by atoms with E-state index in [0.29, 0.717) is 0 Å². The second-order valence-electron chi connectivity index (χ2n) is 5.53. The number of rotatable bonds is 5. The minimum atomic E-state index is -4.94. The number of aromatic carboxylic acids is 1. The molecule has 0 fully saturated rings. The molecule has 0 spiro atoms. The van der Waals surface area contributed by atoms with Gasteiger partial charge in [-0.05, 0) is 12.1 Å². The molecule has 0 atom stereocenters. The number of fused-ring (bicyclic) bond motifs is 1. The van der Waals surface area contributed by atoms with Crippen molar-refractivity contribution < 1.29 is 51.3 Å². The van der Waals surface area contributed by atoms with Crippen molar-refractivity contribution in [1.82, 2.24) is 0 Å². The summed E-state index contributed by atoms with van der Waals surface area (Å²) in [6, 6.07) is 4.29. The van der Waals surface area contributed by atoms with Gasteiger partial charge in [-0.3, -0.25) is 10.1 Å². The van der Waals surface area contributed by atoms with Crippen LogP contribution in [-0.4, -0.2) is 35.3 Å². The highest BCUT2D eigenvalue weighted by Gasteiger charge is 2.66. The largest absolute Gasteiger partial charge is 0.507 e. The quantitative estimate of drug-likeness (QED) is 0.438. The van der Waals surface area contributed by atoms with Crippen molar-refractivity contribution in [1.29, 1.82) is 0 Å². The zero-order valence-electron chi connectivity index (χ0n) is 14.2. The van der Waals surface area contributed by atoms with Crippen molar-refractivity contribution in [2.75, 3.05) is 7.11 Å². The molecule has 9 nitrogen and oxygen atoms in total. The molecule has 0 radical (unpaired) electrons. The maximum atomic E-state index is 13.3. The molecule has 3 rings (SSSR count). The summed E-state index contributed by atoms with van der Waals surface area (Å²) >= 11 is 0. The first-order valence-corrected chi connectivity index (χ1v) is 7.50. The molecule has 0 aliphatic carbocycles. The Kier molecular flexibility index (Phi) is 4.60. The molecule has 0 bridgehead atoms. The number of hydrogen-bond donors (Lipinski definition) is 1. The van der Waals surface area contributed by atoms with Gasteiger partial charge < -0.3 is 24.1 Å². The van der Waals surface area contributed by atoms with Crippen LogP contribution >= 0.6 is 0 Å². The van der Waals surface area contributed by atoms with Crippen LogP contribution in [0.1, 0.15) is 10.4 Å². The number of hydrogen-bond acceptors (Lipinski definition) is 7. The van der Waals surface area contributed by atoms with Crippen LogP contribution in [0.3, 0.4) is 0 Å². The van der Waals surface area contributed by atoms with Gasteiger partial charge in [0.15, 0.2) is 23.0 Å². The van der Waals surface area contributed by atoms with Crippen LogP contribution in [0.2, 0.25) is 0 Å². The van der Waals surface area contributed by atoms with Crippen LogP contribution in [0.25, 0.3) is 0 Å². The lowest BCUT2D eigenvalue weighted by molar-refractivity contribution is -0.391. The van der Waals surface area contributed by atoms with E-state index in [0.717, 1.165) is 37.4 Å². The lowest BCUT2D eigenvalue weighted by Crippen LogP contribution is -2.52. The smallest absolute Gasteiger partial charge is 0.493 e. The van der Waals surface area contributed by atoms with Gasteiger partial charge in [-0.2, -0.15) is 17.6 Å². The molecule has 1 heterocycles. The molecule has 0 amide bonds. The number of carbonyl (C=O) groups is 1. The van der Waals surface area contributed by atoms with Crippen molar-refractivity contribution in [3.05, 3.63) is 46.0 Å². The third-order valence-electron chi connectivity index (χ3n) is 3.67. The fourth-order valence-corrected chi connectivity index (χ4v) is 2.35. The molecular weight excluding hydrogens is 410 g/mol. The molecule has 0 aromatic heterocycles. The van der Waals surface area contributed by atoms with E-state index < -0.39 is 45.9 Å². The number of carboxylic acids is 1. The Morgan fingerprint density at radius 3 is 2.24 bits per heavy atom. The standard InChI is InChI=1S/C16H9F4NO8/c1-26-11-6-9(21(24)25)8(14(22)23)5-12(11)27-7-2-3-10-13(4-7)29-16(19,20)15(17,18)28-10/h2-6H,1H3,(H,22,23). The summed E-state index contributed by atoms with van der Waals surface area (Å²) in [5, 5.41) is 20.2. The Morgan fingerprint density at radius 1 is 1.07 bits per heavy atom. The van der Waals surface area contributed by atoms with Crippen LogP contribution in [0.4, 0.5) is 23.2 Å². The summed E-state index contributed by atoms with van der Waals surface area (Å²) < 4.78 is 71.1. The van der Waals surface area contributed by atoms with Gasteiger partial charge in [0, 0.05) is 12.1 Å². The van der Waals surface area contributed by atoms with Crippen LogP contribution in [0.15, 0.2) is 30.3 Å². The Bertz CT molecular complexity index is 1010. The van der Waals surface area contributed by atoms with E-state index in [1.807, 2.05) is 0 Å². The molecule has 29 heavy (non-hydrogen) atoms.